The first-order valence-corrected chi connectivity index (χ1v) is 9.73. The number of nitrogens with zero attached hydrogens (tertiary/aromatic N) is 3. The van der Waals surface area contributed by atoms with Gasteiger partial charge in [-0.2, -0.15) is 0 Å². The predicted molar refractivity (Wildman–Crippen MR) is 108 cm³/mol. The number of hydrogen-bond donors (Lipinski definition) is 1. The monoisotopic (exact) mass is 378 g/mol. The molecule has 2 aliphatic rings. The van der Waals surface area contributed by atoms with E-state index in [0.717, 1.165) is 24.2 Å². The molecule has 1 saturated heterocycles. The van der Waals surface area contributed by atoms with Crippen molar-refractivity contribution in [3.63, 3.8) is 0 Å². The molecule has 2 amide bonds. The second-order valence-electron chi connectivity index (χ2n) is 8.06. The van der Waals surface area contributed by atoms with Gasteiger partial charge in [0, 0.05) is 39.7 Å². The molecule has 3 heterocycles. The summed E-state index contributed by atoms with van der Waals surface area (Å²) < 4.78 is 0. The number of carbonyl (C=O) groups excluding carboxylic acids is 2. The molecular weight excluding hydrogens is 352 g/mol. The summed E-state index contributed by atoms with van der Waals surface area (Å²) in [4.78, 5) is 32.7. The maximum Gasteiger partial charge on any atom is 0.255 e. The zero-order valence-corrected chi connectivity index (χ0v) is 16.6. The number of rotatable bonds is 3. The Morgan fingerprint density at radius 3 is 2.75 bits per heavy atom. The topological polar surface area (TPSA) is 65.5 Å². The van der Waals surface area contributed by atoms with Gasteiger partial charge in [-0.05, 0) is 30.5 Å². The third kappa shape index (κ3) is 3.23. The van der Waals surface area contributed by atoms with Gasteiger partial charge < -0.3 is 15.1 Å². The van der Waals surface area contributed by atoms with Crippen molar-refractivity contribution in [1.29, 1.82) is 0 Å². The van der Waals surface area contributed by atoms with Crippen LogP contribution >= 0.6 is 0 Å². The molecule has 1 aromatic heterocycles. The number of fused-ring (bicyclic) bond motifs is 1. The SMILES string of the molecule is CC(=O)N(C)[C@H]1CCN(C(=O)c2cnc3c(c2)C[C@](C)(c2ccccc2)N3)C1. The van der Waals surface area contributed by atoms with E-state index in [9.17, 15) is 9.59 Å². The second kappa shape index (κ2) is 6.93. The predicted octanol–water partition coefficient (Wildman–Crippen LogP) is 2.66. The Morgan fingerprint density at radius 2 is 2.04 bits per heavy atom. The zero-order chi connectivity index (χ0) is 19.9. The number of likely N-dealkylation sites (tertiary alicyclic amines) is 1. The summed E-state index contributed by atoms with van der Waals surface area (Å²) in [7, 11) is 1.80. The van der Waals surface area contributed by atoms with Crippen LogP contribution in [-0.2, 0) is 16.8 Å². The number of benzene rings is 1. The van der Waals surface area contributed by atoms with E-state index in [4.69, 9.17) is 0 Å². The minimum atomic E-state index is -0.221. The Morgan fingerprint density at radius 1 is 1.29 bits per heavy atom. The summed E-state index contributed by atoms with van der Waals surface area (Å²) in [6, 6.07) is 12.4. The lowest BCUT2D eigenvalue weighted by Crippen LogP contribution is -2.38. The number of pyridine rings is 1. The van der Waals surface area contributed by atoms with Gasteiger partial charge in [-0.25, -0.2) is 4.98 Å². The average Bonchev–Trinajstić information content (AvgIpc) is 3.31. The molecule has 6 heteroatoms. The molecule has 0 aliphatic carbocycles. The zero-order valence-electron chi connectivity index (χ0n) is 16.6. The molecule has 0 spiro atoms. The number of amides is 2. The van der Waals surface area contributed by atoms with E-state index >= 15 is 0 Å². The first-order chi connectivity index (χ1) is 13.4. The van der Waals surface area contributed by atoms with Crippen molar-refractivity contribution < 1.29 is 9.59 Å². The molecule has 1 fully saturated rings. The lowest BCUT2D eigenvalue weighted by molar-refractivity contribution is -0.129. The lowest BCUT2D eigenvalue weighted by Gasteiger charge is -2.25. The van der Waals surface area contributed by atoms with E-state index < -0.39 is 0 Å². The van der Waals surface area contributed by atoms with Crippen LogP contribution in [0.15, 0.2) is 42.6 Å². The van der Waals surface area contributed by atoms with Crippen molar-refractivity contribution in [2.75, 3.05) is 25.5 Å². The van der Waals surface area contributed by atoms with Gasteiger partial charge in [0.15, 0.2) is 0 Å². The molecule has 2 aliphatic heterocycles. The van der Waals surface area contributed by atoms with Crippen LogP contribution in [0.25, 0.3) is 0 Å². The molecule has 1 aromatic carbocycles. The third-order valence-electron chi connectivity index (χ3n) is 6.06. The summed E-state index contributed by atoms with van der Waals surface area (Å²) in [5.74, 6) is 0.867. The molecule has 1 N–H and O–H groups in total. The van der Waals surface area contributed by atoms with Gasteiger partial charge in [0.2, 0.25) is 5.91 Å². The Labute approximate surface area is 165 Å². The molecule has 2 atom stereocenters. The molecule has 0 unspecified atom stereocenters. The molecular formula is C22H26N4O2. The van der Waals surface area contributed by atoms with Crippen LogP contribution in [0.2, 0.25) is 0 Å². The molecule has 0 radical (unpaired) electrons. The van der Waals surface area contributed by atoms with Gasteiger partial charge in [0.25, 0.3) is 5.91 Å². The first-order valence-electron chi connectivity index (χ1n) is 9.73. The van der Waals surface area contributed by atoms with Crippen LogP contribution in [0.1, 0.15) is 41.8 Å². The van der Waals surface area contributed by atoms with E-state index in [1.807, 2.05) is 29.2 Å². The number of anilines is 1. The minimum absolute atomic E-state index is 0.0110. The van der Waals surface area contributed by atoms with Crippen LogP contribution in [0.5, 0.6) is 0 Å². The molecule has 2 aromatic rings. The van der Waals surface area contributed by atoms with E-state index in [1.54, 1.807) is 25.1 Å². The van der Waals surface area contributed by atoms with Crippen LogP contribution in [0.3, 0.4) is 0 Å². The Balaban J connectivity index is 1.50. The van der Waals surface area contributed by atoms with Crippen molar-refractivity contribution in [2.24, 2.45) is 0 Å². The van der Waals surface area contributed by atoms with Gasteiger partial charge in [0.05, 0.1) is 17.1 Å². The highest BCUT2D eigenvalue weighted by Gasteiger charge is 2.36. The highest BCUT2D eigenvalue weighted by Crippen LogP contribution is 2.38. The lowest BCUT2D eigenvalue weighted by atomic mass is 9.89. The second-order valence-corrected chi connectivity index (χ2v) is 8.06. The summed E-state index contributed by atoms with van der Waals surface area (Å²) in [5, 5.41) is 3.52. The number of hydrogen-bond acceptors (Lipinski definition) is 4. The maximum absolute atomic E-state index is 13.0. The highest BCUT2D eigenvalue weighted by molar-refractivity contribution is 5.95. The van der Waals surface area contributed by atoms with Crippen LogP contribution in [-0.4, -0.2) is 52.8 Å². The molecule has 28 heavy (non-hydrogen) atoms. The standard InChI is InChI=1S/C22H26N4O2/c1-15(27)25(3)19-9-10-26(14-19)21(28)17-11-16-12-22(2,24-20(16)23-13-17)18-7-5-4-6-8-18/h4-8,11,13,19H,9-10,12,14H2,1-3H3,(H,23,24)/t19-,22+/m0/s1. The summed E-state index contributed by atoms with van der Waals surface area (Å²) in [6.07, 6.45) is 3.26. The fourth-order valence-corrected chi connectivity index (χ4v) is 4.22. The van der Waals surface area contributed by atoms with Crippen LogP contribution < -0.4 is 5.32 Å². The Kier molecular flexibility index (Phi) is 4.57. The van der Waals surface area contributed by atoms with Crippen LogP contribution in [0, 0.1) is 0 Å². The van der Waals surface area contributed by atoms with Crippen molar-refractivity contribution in [3.05, 3.63) is 59.3 Å². The highest BCUT2D eigenvalue weighted by atomic mass is 16.2. The van der Waals surface area contributed by atoms with E-state index in [1.165, 1.54) is 5.56 Å². The third-order valence-corrected chi connectivity index (χ3v) is 6.06. The van der Waals surface area contributed by atoms with Crippen molar-refractivity contribution in [2.45, 2.75) is 38.3 Å². The fraction of sp³-hybridized carbons (Fsp3) is 0.409. The average molecular weight is 378 g/mol. The molecule has 0 saturated carbocycles. The van der Waals surface area contributed by atoms with Crippen molar-refractivity contribution >= 4 is 17.6 Å². The van der Waals surface area contributed by atoms with Gasteiger partial charge in [0.1, 0.15) is 5.82 Å². The molecule has 0 bridgehead atoms. The summed E-state index contributed by atoms with van der Waals surface area (Å²) >= 11 is 0. The van der Waals surface area contributed by atoms with E-state index in [0.29, 0.717) is 18.7 Å². The Bertz CT molecular complexity index is 914. The van der Waals surface area contributed by atoms with E-state index in [-0.39, 0.29) is 23.4 Å². The van der Waals surface area contributed by atoms with Gasteiger partial charge >= 0.3 is 0 Å². The van der Waals surface area contributed by atoms with Gasteiger partial charge in [-0.15, -0.1) is 0 Å². The number of carbonyl (C=O) groups is 2. The van der Waals surface area contributed by atoms with Crippen molar-refractivity contribution in [3.8, 4) is 0 Å². The molecule has 4 rings (SSSR count). The quantitative estimate of drug-likeness (QED) is 0.892. The largest absolute Gasteiger partial charge is 0.360 e. The first kappa shape index (κ1) is 18.5. The van der Waals surface area contributed by atoms with Gasteiger partial charge in [-0.1, -0.05) is 30.3 Å². The smallest absolute Gasteiger partial charge is 0.255 e. The Hall–Kier alpha value is -2.89. The van der Waals surface area contributed by atoms with Crippen molar-refractivity contribution in [1.82, 2.24) is 14.8 Å². The summed E-state index contributed by atoms with van der Waals surface area (Å²) in [5.41, 5.74) is 2.66. The van der Waals surface area contributed by atoms with Gasteiger partial charge in [-0.3, -0.25) is 9.59 Å². The number of nitrogens with one attached hydrogen (secondary N) is 1. The van der Waals surface area contributed by atoms with Crippen LogP contribution in [0.4, 0.5) is 5.82 Å². The molecule has 146 valence electrons. The maximum atomic E-state index is 13.0. The minimum Gasteiger partial charge on any atom is -0.360 e. The molecule has 6 nitrogen and oxygen atoms in total. The number of likely N-dealkylation sites (N-methyl/N-ethyl adjacent to an activating group) is 1. The summed E-state index contributed by atoms with van der Waals surface area (Å²) in [6.45, 7) is 4.96. The fourth-order valence-electron chi connectivity index (χ4n) is 4.22. The normalized spacial score (nSPS) is 23.2. The van der Waals surface area contributed by atoms with E-state index in [2.05, 4.69) is 29.4 Å². The number of aromatic nitrogens is 1.